The highest BCUT2D eigenvalue weighted by Crippen LogP contribution is 2.48. The van der Waals surface area contributed by atoms with E-state index in [1.54, 1.807) is 0 Å². The maximum atomic E-state index is 11.9. The van der Waals surface area contributed by atoms with Gasteiger partial charge in [-0.25, -0.2) is 4.57 Å². The predicted octanol–water partition coefficient (Wildman–Crippen LogP) is 0.507. The summed E-state index contributed by atoms with van der Waals surface area (Å²) in [5.41, 5.74) is 0. The molecule has 0 aliphatic heterocycles. The molecule has 0 amide bonds. The average Bonchev–Trinajstić information content (AvgIpc) is 2.38. The van der Waals surface area contributed by atoms with Gasteiger partial charge in [-0.1, -0.05) is 0 Å². The molecule has 10 nitrogen and oxygen atoms in total. The maximum Gasteiger partial charge on any atom is 0.474 e. The summed E-state index contributed by atoms with van der Waals surface area (Å²) in [6.45, 7) is 1.95. The monoisotopic (exact) mass is 384 g/mol. The van der Waals surface area contributed by atoms with E-state index in [0.717, 1.165) is 7.11 Å². The van der Waals surface area contributed by atoms with Crippen molar-refractivity contribution in [2.75, 3.05) is 45.0 Å². The van der Waals surface area contributed by atoms with Gasteiger partial charge in [0.1, 0.15) is 0 Å². The Balaban J connectivity index is 4.34. The highest BCUT2D eigenvalue weighted by atomic mass is 32.2. The van der Waals surface area contributed by atoms with Gasteiger partial charge in [0, 0.05) is 7.11 Å². The Labute approximate surface area is 130 Å². The predicted molar refractivity (Wildman–Crippen MR) is 77.3 cm³/mol. The molecule has 0 heterocycles. The quantitative estimate of drug-likeness (QED) is 0.327. The molecule has 0 radical (unpaired) electrons. The van der Waals surface area contributed by atoms with Gasteiger partial charge in [0.05, 0.1) is 37.9 Å². The van der Waals surface area contributed by atoms with E-state index < -0.39 is 52.8 Å². The lowest BCUT2D eigenvalue weighted by Gasteiger charge is -2.15. The Bertz CT molecular complexity index is 509. The molecular weight excluding hydrogens is 363 g/mol. The zero-order valence-corrected chi connectivity index (χ0v) is 15.1. The molecule has 0 N–H and O–H groups in total. The first kappa shape index (κ1) is 21.9. The highest BCUT2D eigenvalue weighted by Gasteiger charge is 2.27. The molecule has 0 aliphatic carbocycles. The maximum absolute atomic E-state index is 11.9. The molecule has 0 aromatic carbocycles. The van der Waals surface area contributed by atoms with Crippen LogP contribution >= 0.6 is 7.82 Å². The largest absolute Gasteiger partial charge is 0.474 e. The third-order valence-corrected chi connectivity index (χ3v) is 5.95. The van der Waals surface area contributed by atoms with Crippen LogP contribution in [-0.2, 0) is 46.7 Å². The number of hydrogen-bond acceptors (Lipinski definition) is 10. The van der Waals surface area contributed by atoms with Crippen molar-refractivity contribution in [1.29, 1.82) is 0 Å². The summed E-state index contributed by atoms with van der Waals surface area (Å²) >= 11 is 0. The first-order valence-corrected chi connectivity index (χ1v) is 10.9. The molecule has 0 bridgehead atoms. The van der Waals surface area contributed by atoms with Crippen LogP contribution in [0.2, 0.25) is 0 Å². The summed E-state index contributed by atoms with van der Waals surface area (Å²) in [6, 6.07) is 0. The van der Waals surface area contributed by atoms with Crippen molar-refractivity contribution >= 4 is 28.1 Å². The van der Waals surface area contributed by atoms with Crippen LogP contribution in [0.1, 0.15) is 13.8 Å². The normalized spacial score (nSPS) is 13.4. The van der Waals surface area contributed by atoms with E-state index in [1.165, 1.54) is 13.8 Å². The van der Waals surface area contributed by atoms with E-state index in [9.17, 15) is 21.4 Å². The van der Waals surface area contributed by atoms with Crippen LogP contribution in [0.3, 0.4) is 0 Å². The van der Waals surface area contributed by atoms with Crippen LogP contribution in [0, 0.1) is 0 Å². The van der Waals surface area contributed by atoms with Crippen molar-refractivity contribution in [2.24, 2.45) is 0 Å². The minimum atomic E-state index is -4.05. The van der Waals surface area contributed by atoms with Crippen molar-refractivity contribution in [3.05, 3.63) is 0 Å². The highest BCUT2D eigenvalue weighted by molar-refractivity contribution is 7.87. The molecule has 0 saturated heterocycles. The molecule has 134 valence electrons. The minimum Gasteiger partial charge on any atom is -0.290 e. The van der Waals surface area contributed by atoms with E-state index in [2.05, 4.69) is 12.9 Å². The van der Waals surface area contributed by atoms with Crippen LogP contribution < -0.4 is 0 Å². The standard InChI is InChI=1S/C9H21O10PS2/c1-4-18-21(11,12)8-6-16-20(10,15-3)17-7-9-22(13,14)19-5-2/h4-9H2,1-3H3. The van der Waals surface area contributed by atoms with E-state index >= 15 is 0 Å². The van der Waals surface area contributed by atoms with E-state index in [-0.39, 0.29) is 13.2 Å². The fraction of sp³-hybridized carbons (Fsp3) is 1.00. The second-order valence-electron chi connectivity index (χ2n) is 3.63. The lowest BCUT2D eigenvalue weighted by atomic mass is 10.9. The zero-order chi connectivity index (χ0) is 17.3. The summed E-state index contributed by atoms with van der Waals surface area (Å²) in [7, 11) is -10.6. The van der Waals surface area contributed by atoms with Gasteiger partial charge in [0.2, 0.25) is 0 Å². The van der Waals surface area contributed by atoms with Crippen LogP contribution in [0.15, 0.2) is 0 Å². The van der Waals surface area contributed by atoms with E-state index in [4.69, 9.17) is 9.05 Å². The van der Waals surface area contributed by atoms with Crippen molar-refractivity contribution in [3.8, 4) is 0 Å². The van der Waals surface area contributed by atoms with Gasteiger partial charge in [-0.15, -0.1) is 0 Å². The lowest BCUT2D eigenvalue weighted by Crippen LogP contribution is -2.17. The number of phosphoric ester groups is 1. The van der Waals surface area contributed by atoms with Gasteiger partial charge in [0.15, 0.2) is 0 Å². The second kappa shape index (κ2) is 9.93. The summed E-state index contributed by atoms with van der Waals surface area (Å²) < 4.78 is 79.9. The lowest BCUT2D eigenvalue weighted by molar-refractivity contribution is 0.141. The smallest absolute Gasteiger partial charge is 0.290 e. The topological polar surface area (TPSA) is 132 Å². The summed E-state index contributed by atoms with van der Waals surface area (Å²) in [5.74, 6) is -1.09. The molecule has 0 unspecified atom stereocenters. The summed E-state index contributed by atoms with van der Waals surface area (Å²) in [5, 5.41) is 0. The second-order valence-corrected chi connectivity index (χ2v) is 8.93. The van der Waals surface area contributed by atoms with Crippen LogP contribution in [0.25, 0.3) is 0 Å². The molecule has 0 spiro atoms. The SMILES string of the molecule is CCOS(=O)(=O)CCOP(=O)(OC)OCCS(=O)(=O)OCC. The Kier molecular flexibility index (Phi) is 9.90. The van der Waals surface area contributed by atoms with Crippen molar-refractivity contribution in [2.45, 2.75) is 13.8 Å². The molecule has 22 heavy (non-hydrogen) atoms. The van der Waals surface area contributed by atoms with Gasteiger partial charge in [-0.3, -0.25) is 21.9 Å². The molecule has 0 rings (SSSR count). The zero-order valence-electron chi connectivity index (χ0n) is 12.6. The van der Waals surface area contributed by atoms with Gasteiger partial charge in [0.25, 0.3) is 20.2 Å². The molecule has 0 aromatic heterocycles. The molecule has 0 fully saturated rings. The third kappa shape index (κ3) is 9.85. The van der Waals surface area contributed by atoms with Crippen molar-refractivity contribution in [1.82, 2.24) is 0 Å². The van der Waals surface area contributed by atoms with Crippen LogP contribution in [0.5, 0.6) is 0 Å². The molecule has 0 aromatic rings. The molecule has 0 saturated carbocycles. The first-order valence-electron chi connectivity index (χ1n) is 6.28. The van der Waals surface area contributed by atoms with Gasteiger partial charge in [-0.05, 0) is 13.8 Å². The number of rotatable bonds is 13. The number of hydrogen-bond donors (Lipinski definition) is 0. The van der Waals surface area contributed by atoms with E-state index in [1.807, 2.05) is 0 Å². The Hall–Kier alpha value is -0.0700. The molecule has 0 atom stereocenters. The Morgan fingerprint density at radius 2 is 1.18 bits per heavy atom. The average molecular weight is 384 g/mol. The fourth-order valence-electron chi connectivity index (χ4n) is 1.12. The molecular formula is C9H21O10PS2. The van der Waals surface area contributed by atoms with Gasteiger partial charge in [-0.2, -0.15) is 16.8 Å². The third-order valence-electron chi connectivity index (χ3n) is 1.98. The Morgan fingerprint density at radius 3 is 1.45 bits per heavy atom. The fourth-order valence-corrected chi connectivity index (χ4v) is 3.81. The van der Waals surface area contributed by atoms with Crippen LogP contribution in [0.4, 0.5) is 0 Å². The van der Waals surface area contributed by atoms with Crippen molar-refractivity contribution < 1.29 is 43.3 Å². The summed E-state index contributed by atoms with van der Waals surface area (Å²) in [6.07, 6.45) is 0. The molecule has 13 heteroatoms. The molecule has 0 aliphatic rings. The van der Waals surface area contributed by atoms with Gasteiger partial charge >= 0.3 is 7.82 Å². The van der Waals surface area contributed by atoms with Gasteiger partial charge < -0.3 is 0 Å². The summed E-state index contributed by atoms with van der Waals surface area (Å²) in [4.78, 5) is 0. The van der Waals surface area contributed by atoms with Crippen molar-refractivity contribution in [3.63, 3.8) is 0 Å². The van der Waals surface area contributed by atoms with E-state index in [0.29, 0.717) is 0 Å². The number of phosphoric acid groups is 1. The Morgan fingerprint density at radius 1 is 0.818 bits per heavy atom. The van der Waals surface area contributed by atoms with Crippen LogP contribution in [-0.4, -0.2) is 61.9 Å². The minimum absolute atomic E-state index is 0.0317. The first-order chi connectivity index (χ1) is 10.1.